The van der Waals surface area contributed by atoms with Crippen LogP contribution < -0.4 is 10.7 Å². The number of benzene rings is 3. The van der Waals surface area contributed by atoms with E-state index in [2.05, 4.69) is 15.8 Å². The maximum absolute atomic E-state index is 12.4. The Labute approximate surface area is 163 Å². The summed E-state index contributed by atoms with van der Waals surface area (Å²) in [5.74, 6) is -0.691. The highest BCUT2D eigenvalue weighted by molar-refractivity contribution is 6.09. The molecule has 0 heterocycles. The van der Waals surface area contributed by atoms with Crippen molar-refractivity contribution in [1.82, 2.24) is 5.43 Å². The molecule has 0 radical (unpaired) electrons. The van der Waals surface area contributed by atoms with Crippen LogP contribution >= 0.6 is 0 Å². The number of hydrazone groups is 1. The van der Waals surface area contributed by atoms with Crippen LogP contribution in [0.2, 0.25) is 0 Å². The number of hydrogen-bond donors (Lipinski definition) is 2. The third-order valence-electron chi connectivity index (χ3n) is 3.87. The summed E-state index contributed by atoms with van der Waals surface area (Å²) in [6.45, 7) is 0. The van der Waals surface area contributed by atoms with Crippen LogP contribution in [0.3, 0.4) is 0 Å². The molecule has 0 atom stereocenters. The van der Waals surface area contributed by atoms with Gasteiger partial charge in [-0.1, -0.05) is 66.7 Å². The Hall–Kier alpha value is -3.99. The highest BCUT2D eigenvalue weighted by Crippen LogP contribution is 2.16. The first-order valence-electron chi connectivity index (χ1n) is 8.74. The molecule has 0 aliphatic rings. The van der Waals surface area contributed by atoms with Gasteiger partial charge in [-0.25, -0.2) is 5.43 Å². The lowest BCUT2D eigenvalue weighted by molar-refractivity contribution is 0.0956. The Morgan fingerprint density at radius 1 is 0.750 bits per heavy atom. The lowest BCUT2D eigenvalue weighted by atomic mass is 10.1. The molecule has 3 aromatic carbocycles. The Bertz CT molecular complexity index is 997. The second kappa shape index (κ2) is 9.64. The van der Waals surface area contributed by atoms with E-state index in [0.29, 0.717) is 16.8 Å². The van der Waals surface area contributed by atoms with E-state index < -0.39 is 5.91 Å². The molecule has 138 valence electrons. The first-order chi connectivity index (χ1) is 13.7. The Morgan fingerprint density at radius 2 is 1.39 bits per heavy atom. The maximum atomic E-state index is 12.4. The van der Waals surface area contributed by atoms with E-state index in [1.54, 1.807) is 54.6 Å². The lowest BCUT2D eigenvalue weighted by Crippen LogP contribution is -2.21. The molecule has 0 aromatic heterocycles. The quantitative estimate of drug-likeness (QED) is 0.500. The molecule has 5 heteroatoms. The van der Waals surface area contributed by atoms with Crippen molar-refractivity contribution in [2.45, 2.75) is 0 Å². The summed E-state index contributed by atoms with van der Waals surface area (Å²) in [6.07, 6.45) is 5.11. The van der Waals surface area contributed by atoms with Crippen LogP contribution in [-0.2, 0) is 0 Å². The number of para-hydroxylation sites is 1. The molecule has 0 unspecified atom stereocenters. The molecule has 2 N–H and O–H groups in total. The van der Waals surface area contributed by atoms with Crippen LogP contribution in [0.4, 0.5) is 5.69 Å². The Morgan fingerprint density at radius 3 is 2.14 bits per heavy atom. The summed E-state index contributed by atoms with van der Waals surface area (Å²) < 4.78 is 0. The van der Waals surface area contributed by atoms with Crippen LogP contribution in [-0.4, -0.2) is 18.0 Å². The molecule has 28 heavy (non-hydrogen) atoms. The van der Waals surface area contributed by atoms with Crippen molar-refractivity contribution in [3.63, 3.8) is 0 Å². The van der Waals surface area contributed by atoms with Crippen LogP contribution in [0, 0.1) is 0 Å². The first-order valence-corrected chi connectivity index (χ1v) is 8.74. The topological polar surface area (TPSA) is 70.6 Å². The van der Waals surface area contributed by atoms with Crippen molar-refractivity contribution in [3.8, 4) is 0 Å². The third kappa shape index (κ3) is 5.25. The van der Waals surface area contributed by atoms with E-state index in [1.165, 1.54) is 6.21 Å². The van der Waals surface area contributed by atoms with Crippen molar-refractivity contribution < 1.29 is 9.59 Å². The monoisotopic (exact) mass is 369 g/mol. The highest BCUT2D eigenvalue weighted by Gasteiger charge is 2.13. The molecule has 3 aromatic rings. The van der Waals surface area contributed by atoms with Crippen LogP contribution in [0.1, 0.15) is 26.3 Å². The van der Waals surface area contributed by atoms with E-state index in [1.807, 2.05) is 42.5 Å². The summed E-state index contributed by atoms with van der Waals surface area (Å²) in [5.41, 5.74) is 4.77. The highest BCUT2D eigenvalue weighted by atomic mass is 16.2. The minimum atomic E-state index is -0.409. The van der Waals surface area contributed by atoms with Gasteiger partial charge in [0.2, 0.25) is 0 Å². The first kappa shape index (κ1) is 18.8. The summed E-state index contributed by atoms with van der Waals surface area (Å²) >= 11 is 0. The molecular weight excluding hydrogens is 350 g/mol. The molecule has 0 spiro atoms. The predicted molar refractivity (Wildman–Crippen MR) is 112 cm³/mol. The number of nitrogens with one attached hydrogen (secondary N) is 2. The maximum Gasteiger partial charge on any atom is 0.273 e. The molecular formula is C23H19N3O2. The fraction of sp³-hybridized carbons (Fsp3) is 0. The van der Waals surface area contributed by atoms with E-state index in [-0.39, 0.29) is 5.91 Å². The largest absolute Gasteiger partial charge is 0.321 e. The third-order valence-corrected chi connectivity index (χ3v) is 3.87. The molecule has 0 saturated heterocycles. The zero-order valence-corrected chi connectivity index (χ0v) is 15.1. The van der Waals surface area contributed by atoms with Crippen LogP contribution in [0.5, 0.6) is 0 Å². The number of hydrogen-bond acceptors (Lipinski definition) is 3. The Balaban J connectivity index is 1.63. The molecule has 3 rings (SSSR count). The van der Waals surface area contributed by atoms with Crippen molar-refractivity contribution in [3.05, 3.63) is 108 Å². The molecule has 0 fully saturated rings. The predicted octanol–water partition coefficient (Wildman–Crippen LogP) is 4.37. The summed E-state index contributed by atoms with van der Waals surface area (Å²) in [7, 11) is 0. The van der Waals surface area contributed by atoms with Gasteiger partial charge in [0, 0.05) is 11.8 Å². The number of anilines is 1. The normalized spacial score (nSPS) is 10.9. The van der Waals surface area contributed by atoms with Crippen LogP contribution in [0.15, 0.2) is 96.1 Å². The molecule has 5 nitrogen and oxygen atoms in total. The van der Waals surface area contributed by atoms with Crippen molar-refractivity contribution in [2.24, 2.45) is 5.10 Å². The summed E-state index contributed by atoms with van der Waals surface area (Å²) in [6, 6.07) is 25.4. The minimum absolute atomic E-state index is 0.282. The van der Waals surface area contributed by atoms with E-state index in [0.717, 1.165) is 5.56 Å². The average Bonchev–Trinajstić information content (AvgIpc) is 2.75. The molecule has 0 aliphatic heterocycles. The molecule has 0 bridgehead atoms. The van der Waals surface area contributed by atoms with Crippen LogP contribution in [0.25, 0.3) is 6.08 Å². The molecule has 2 amide bonds. The zero-order valence-electron chi connectivity index (χ0n) is 15.1. The van der Waals surface area contributed by atoms with Crippen molar-refractivity contribution >= 4 is 29.8 Å². The van der Waals surface area contributed by atoms with Crippen molar-refractivity contribution in [1.29, 1.82) is 0 Å². The second-order valence-corrected chi connectivity index (χ2v) is 5.85. The van der Waals surface area contributed by atoms with Gasteiger partial charge in [0.1, 0.15) is 0 Å². The van der Waals surface area contributed by atoms with E-state index in [9.17, 15) is 9.59 Å². The fourth-order valence-electron chi connectivity index (χ4n) is 2.49. The van der Waals surface area contributed by atoms with Gasteiger partial charge >= 0.3 is 0 Å². The van der Waals surface area contributed by atoms with Gasteiger partial charge in [0.05, 0.1) is 11.3 Å². The Kier molecular flexibility index (Phi) is 6.47. The number of allylic oxidation sites excluding steroid dienone is 1. The number of carbonyl (C=O) groups excluding carboxylic acids is 2. The van der Waals surface area contributed by atoms with E-state index in [4.69, 9.17) is 0 Å². The smallest absolute Gasteiger partial charge is 0.273 e. The van der Waals surface area contributed by atoms with Gasteiger partial charge in [-0.05, 0) is 35.9 Å². The average molecular weight is 369 g/mol. The summed E-state index contributed by atoms with van der Waals surface area (Å²) in [5, 5.41) is 6.68. The second-order valence-electron chi connectivity index (χ2n) is 5.85. The van der Waals surface area contributed by atoms with Gasteiger partial charge in [-0.2, -0.15) is 5.10 Å². The van der Waals surface area contributed by atoms with E-state index >= 15 is 0 Å². The lowest BCUT2D eigenvalue weighted by Gasteiger charge is -2.09. The number of nitrogens with zero attached hydrogens (tertiary/aromatic N) is 1. The standard InChI is InChI=1S/C23H19N3O2/c27-22(19-13-5-2-6-14-19)25-21-16-8-7-15-20(21)23(28)26-24-17-9-12-18-10-3-1-4-11-18/h1-17H,(H,25,27)(H,26,28)/b12-9+,24-17+. The van der Waals surface area contributed by atoms with Gasteiger partial charge in [0.25, 0.3) is 11.8 Å². The zero-order chi connectivity index (χ0) is 19.6. The molecule has 0 saturated carbocycles. The SMILES string of the molecule is O=C(Nc1ccccc1C(=O)N/N=C/C=C/c1ccccc1)c1ccccc1. The van der Waals surface area contributed by atoms with Crippen molar-refractivity contribution in [2.75, 3.05) is 5.32 Å². The van der Waals surface area contributed by atoms with Gasteiger partial charge in [-0.3, -0.25) is 9.59 Å². The number of rotatable bonds is 6. The summed E-state index contributed by atoms with van der Waals surface area (Å²) in [4.78, 5) is 24.8. The van der Waals surface area contributed by atoms with Gasteiger partial charge in [-0.15, -0.1) is 0 Å². The minimum Gasteiger partial charge on any atom is -0.321 e. The van der Waals surface area contributed by atoms with Gasteiger partial charge in [0.15, 0.2) is 0 Å². The number of carbonyl (C=O) groups is 2. The van der Waals surface area contributed by atoms with Gasteiger partial charge < -0.3 is 5.32 Å². The molecule has 0 aliphatic carbocycles. The fourth-order valence-corrected chi connectivity index (χ4v) is 2.49. The number of amides is 2.